The first kappa shape index (κ1) is 9.37. The number of fused-ring (bicyclic) bond motifs is 1. The second-order valence-corrected chi connectivity index (χ2v) is 3.55. The van der Waals surface area contributed by atoms with E-state index in [0.717, 1.165) is 29.4 Å². The Morgan fingerprint density at radius 2 is 1.93 bits per heavy atom. The summed E-state index contributed by atoms with van der Waals surface area (Å²) in [5, 5.41) is 0. The molecule has 76 valence electrons. The summed E-state index contributed by atoms with van der Waals surface area (Å²) in [6.07, 6.45) is 5.66. The highest BCUT2D eigenvalue weighted by Crippen LogP contribution is 2.24. The van der Waals surface area contributed by atoms with Crippen LogP contribution in [0.4, 0.5) is 8.78 Å². The minimum Gasteiger partial charge on any atom is -0.297 e. The summed E-state index contributed by atoms with van der Waals surface area (Å²) in [6.45, 7) is -2.55. The number of alkyl halides is 2. The zero-order valence-electron chi connectivity index (χ0n) is 7.67. The van der Waals surface area contributed by atoms with Crippen LogP contribution in [0.15, 0.2) is 12.4 Å². The predicted molar refractivity (Wildman–Crippen MR) is 47.6 cm³/mol. The van der Waals surface area contributed by atoms with E-state index in [0.29, 0.717) is 12.0 Å². The van der Waals surface area contributed by atoms with Crippen LogP contribution < -0.4 is 0 Å². The maximum atomic E-state index is 12.3. The van der Waals surface area contributed by atoms with Crippen molar-refractivity contribution in [3.05, 3.63) is 23.5 Å². The van der Waals surface area contributed by atoms with Crippen molar-refractivity contribution < 1.29 is 13.6 Å². The summed E-state index contributed by atoms with van der Waals surface area (Å²) >= 11 is 0. The molecule has 2 nitrogen and oxygen atoms in total. The summed E-state index contributed by atoms with van der Waals surface area (Å²) in [5.74, 6) is -0.00287. The Hall–Kier alpha value is -1.19. The van der Waals surface area contributed by atoms with Gasteiger partial charge in [0.1, 0.15) is 0 Å². The van der Waals surface area contributed by atoms with E-state index in [1.54, 1.807) is 0 Å². The molecule has 1 aromatic rings. The van der Waals surface area contributed by atoms with Gasteiger partial charge in [-0.25, -0.2) is 0 Å². The van der Waals surface area contributed by atoms with Gasteiger partial charge in [-0.3, -0.25) is 9.36 Å². The van der Waals surface area contributed by atoms with E-state index >= 15 is 0 Å². The lowest BCUT2D eigenvalue weighted by atomic mass is 10.1. The molecule has 0 bridgehead atoms. The first-order valence-corrected chi connectivity index (χ1v) is 4.70. The molecule has 0 aliphatic heterocycles. The largest absolute Gasteiger partial charge is 0.318 e. The van der Waals surface area contributed by atoms with Crippen molar-refractivity contribution in [2.24, 2.45) is 0 Å². The molecule has 1 heterocycles. The van der Waals surface area contributed by atoms with E-state index in [9.17, 15) is 13.6 Å². The van der Waals surface area contributed by atoms with E-state index in [2.05, 4.69) is 0 Å². The van der Waals surface area contributed by atoms with E-state index in [1.165, 1.54) is 12.4 Å². The molecule has 2 rings (SSSR count). The molecule has 0 unspecified atom stereocenters. The van der Waals surface area contributed by atoms with Gasteiger partial charge in [-0.2, -0.15) is 8.78 Å². The first-order chi connectivity index (χ1) is 6.68. The molecule has 1 aromatic heterocycles. The van der Waals surface area contributed by atoms with Crippen molar-refractivity contribution in [1.82, 2.24) is 4.57 Å². The standard InChI is InChI=1S/C10H11F2NO/c11-10(12)13-5-7-3-1-2-4-9(14)8(7)6-13/h5-6,10H,1-4H2. The number of carbonyl (C=O) groups is 1. The van der Waals surface area contributed by atoms with Crippen LogP contribution in [0.2, 0.25) is 0 Å². The highest BCUT2D eigenvalue weighted by atomic mass is 19.3. The van der Waals surface area contributed by atoms with Gasteiger partial charge >= 0.3 is 6.55 Å². The van der Waals surface area contributed by atoms with Gasteiger partial charge in [0.25, 0.3) is 0 Å². The van der Waals surface area contributed by atoms with Gasteiger partial charge in [-0.15, -0.1) is 0 Å². The fourth-order valence-electron chi connectivity index (χ4n) is 1.82. The van der Waals surface area contributed by atoms with Crippen LogP contribution in [-0.2, 0) is 6.42 Å². The number of Topliss-reactive ketones (excluding diaryl/α,β-unsaturated/α-hetero) is 1. The van der Waals surface area contributed by atoms with E-state index in [-0.39, 0.29) is 5.78 Å². The highest BCUT2D eigenvalue weighted by molar-refractivity contribution is 5.97. The third kappa shape index (κ3) is 1.56. The van der Waals surface area contributed by atoms with Crippen molar-refractivity contribution in [2.75, 3.05) is 0 Å². The Kier molecular flexibility index (Phi) is 2.35. The maximum absolute atomic E-state index is 12.3. The molecule has 0 radical (unpaired) electrons. The summed E-state index contributed by atoms with van der Waals surface area (Å²) in [6, 6.07) is 0. The van der Waals surface area contributed by atoms with Crippen molar-refractivity contribution in [2.45, 2.75) is 32.2 Å². The Bertz CT molecular complexity index is 357. The van der Waals surface area contributed by atoms with Crippen LogP contribution >= 0.6 is 0 Å². The minimum absolute atomic E-state index is 0.00287. The average molecular weight is 199 g/mol. The number of rotatable bonds is 1. The Labute approximate surface area is 80.5 Å². The van der Waals surface area contributed by atoms with Crippen molar-refractivity contribution in [1.29, 1.82) is 0 Å². The number of ketones is 1. The fraction of sp³-hybridized carbons (Fsp3) is 0.500. The third-order valence-electron chi connectivity index (χ3n) is 2.55. The topological polar surface area (TPSA) is 22.0 Å². The van der Waals surface area contributed by atoms with Gasteiger partial charge in [-0.05, 0) is 24.8 Å². The second kappa shape index (κ2) is 3.52. The smallest absolute Gasteiger partial charge is 0.297 e. The highest BCUT2D eigenvalue weighted by Gasteiger charge is 2.19. The number of aryl methyl sites for hydroxylation is 1. The van der Waals surface area contributed by atoms with E-state index in [4.69, 9.17) is 0 Å². The summed E-state index contributed by atoms with van der Waals surface area (Å²) in [5.41, 5.74) is 1.26. The van der Waals surface area contributed by atoms with Crippen LogP contribution in [0.5, 0.6) is 0 Å². The summed E-state index contributed by atoms with van der Waals surface area (Å²) in [4.78, 5) is 11.5. The van der Waals surface area contributed by atoms with Crippen LogP contribution in [0.25, 0.3) is 0 Å². The molecular weight excluding hydrogens is 188 g/mol. The molecular formula is C10H11F2NO. The van der Waals surface area contributed by atoms with Gasteiger partial charge in [0.05, 0.1) is 0 Å². The van der Waals surface area contributed by atoms with Crippen molar-refractivity contribution in [3.8, 4) is 0 Å². The lowest BCUT2D eigenvalue weighted by Gasteiger charge is -1.98. The molecule has 0 aromatic carbocycles. The lowest BCUT2D eigenvalue weighted by molar-refractivity contribution is 0.0704. The SMILES string of the molecule is O=C1CCCCc2cn(C(F)F)cc21. The molecule has 0 atom stereocenters. The monoisotopic (exact) mass is 199 g/mol. The molecule has 1 aliphatic rings. The molecule has 0 saturated heterocycles. The molecule has 0 spiro atoms. The van der Waals surface area contributed by atoms with Gasteiger partial charge in [0, 0.05) is 24.4 Å². The molecule has 14 heavy (non-hydrogen) atoms. The summed E-state index contributed by atoms with van der Waals surface area (Å²) in [7, 11) is 0. The Morgan fingerprint density at radius 1 is 1.21 bits per heavy atom. The Balaban J connectivity index is 2.39. The zero-order valence-corrected chi connectivity index (χ0v) is 7.67. The molecule has 1 aliphatic carbocycles. The third-order valence-corrected chi connectivity index (χ3v) is 2.55. The molecule has 0 amide bonds. The first-order valence-electron chi connectivity index (χ1n) is 4.70. The number of carbonyl (C=O) groups excluding carboxylic acids is 1. The fourth-order valence-corrected chi connectivity index (χ4v) is 1.82. The number of aromatic nitrogens is 1. The van der Waals surface area contributed by atoms with Crippen LogP contribution in [0.3, 0.4) is 0 Å². The average Bonchev–Trinajstić information content (AvgIpc) is 2.49. The van der Waals surface area contributed by atoms with Crippen molar-refractivity contribution >= 4 is 5.78 Å². The van der Waals surface area contributed by atoms with Gasteiger partial charge in [0.15, 0.2) is 5.78 Å². The van der Waals surface area contributed by atoms with E-state index in [1.807, 2.05) is 0 Å². The molecule has 4 heteroatoms. The lowest BCUT2D eigenvalue weighted by Crippen LogP contribution is -1.97. The number of halogens is 2. The minimum atomic E-state index is -2.55. The molecule has 0 fully saturated rings. The molecule has 0 N–H and O–H groups in total. The van der Waals surface area contributed by atoms with Gasteiger partial charge in [-0.1, -0.05) is 0 Å². The van der Waals surface area contributed by atoms with Crippen LogP contribution in [0, 0.1) is 0 Å². The van der Waals surface area contributed by atoms with Gasteiger partial charge in [0.2, 0.25) is 0 Å². The van der Waals surface area contributed by atoms with Gasteiger partial charge < -0.3 is 0 Å². The zero-order chi connectivity index (χ0) is 10.1. The number of hydrogen-bond acceptors (Lipinski definition) is 1. The van der Waals surface area contributed by atoms with E-state index < -0.39 is 6.55 Å². The Morgan fingerprint density at radius 3 is 2.64 bits per heavy atom. The summed E-state index contributed by atoms with van der Waals surface area (Å²) < 4.78 is 25.5. The predicted octanol–water partition coefficient (Wildman–Crippen LogP) is 2.79. The van der Waals surface area contributed by atoms with Crippen LogP contribution in [-0.4, -0.2) is 10.4 Å². The van der Waals surface area contributed by atoms with Crippen molar-refractivity contribution in [3.63, 3.8) is 0 Å². The molecule has 0 saturated carbocycles. The normalized spacial score (nSPS) is 16.9. The maximum Gasteiger partial charge on any atom is 0.318 e. The quantitative estimate of drug-likeness (QED) is 0.637. The number of nitrogens with zero attached hydrogens (tertiary/aromatic N) is 1. The van der Waals surface area contributed by atoms with Crippen LogP contribution in [0.1, 0.15) is 41.7 Å². The number of hydrogen-bond donors (Lipinski definition) is 0. The second-order valence-electron chi connectivity index (χ2n) is 3.55.